The summed E-state index contributed by atoms with van der Waals surface area (Å²) in [6.07, 6.45) is 1.94. The third-order valence-electron chi connectivity index (χ3n) is 2.08. The van der Waals surface area contributed by atoms with Crippen molar-refractivity contribution in [3.8, 4) is 0 Å². The molecule has 0 rings (SSSR count). The minimum Gasteiger partial charge on any atom is -1.00 e. The Hall–Kier alpha value is 2.22. The van der Waals surface area contributed by atoms with Gasteiger partial charge in [0.1, 0.15) is 11.2 Å². The first-order chi connectivity index (χ1) is 12.8. The number of halogens is 3. The molecule has 2 amide bonds. The molecule has 0 atom stereocenters. The van der Waals surface area contributed by atoms with Gasteiger partial charge < -0.3 is 59.6 Å². The quantitative estimate of drug-likeness (QED) is 0.119. The Morgan fingerprint density at radius 3 is 1.68 bits per heavy atom. The first-order valence-electron chi connectivity index (χ1n) is 9.22. The molecule has 0 saturated heterocycles. The third-order valence-corrected chi connectivity index (χ3v) is 3.61. The summed E-state index contributed by atoms with van der Waals surface area (Å²) in [6, 6.07) is 0. The van der Waals surface area contributed by atoms with Crippen molar-refractivity contribution in [3.05, 3.63) is 13.5 Å². The van der Waals surface area contributed by atoms with Crippen molar-refractivity contribution in [2.24, 2.45) is 5.73 Å². The Balaban J connectivity index is -0.0000000467. The number of hydrogen-bond acceptors (Lipinski definition) is 5. The van der Waals surface area contributed by atoms with Crippen LogP contribution in [0.2, 0.25) is 0 Å². The van der Waals surface area contributed by atoms with Gasteiger partial charge in [0.05, 0.1) is 0 Å². The molecular weight excluding hydrogens is 764 g/mol. The van der Waals surface area contributed by atoms with Crippen LogP contribution >= 0.6 is 45.2 Å². The molecule has 0 aromatic carbocycles. The van der Waals surface area contributed by atoms with Crippen LogP contribution in [0.25, 0.3) is 0 Å². The molecular formula is C19H41I3Mg2N3O4-. The van der Waals surface area contributed by atoms with Crippen molar-refractivity contribution in [3.63, 3.8) is 0 Å². The molecule has 0 aliphatic carbocycles. The summed E-state index contributed by atoms with van der Waals surface area (Å²) in [5.41, 5.74) is 4.31. The molecule has 0 aromatic rings. The van der Waals surface area contributed by atoms with Gasteiger partial charge in [-0.05, 0) is 60.9 Å². The van der Waals surface area contributed by atoms with E-state index in [0.29, 0.717) is 13.0 Å². The van der Waals surface area contributed by atoms with Gasteiger partial charge in [0, 0.05) is 15.4 Å². The van der Waals surface area contributed by atoms with E-state index in [1.165, 1.54) is 4.43 Å². The molecule has 0 spiro atoms. The van der Waals surface area contributed by atoms with Gasteiger partial charge in [-0.3, -0.25) is 13.0 Å². The van der Waals surface area contributed by atoms with Crippen molar-refractivity contribution < 1.29 is 45.9 Å². The van der Waals surface area contributed by atoms with Crippen LogP contribution in [0.4, 0.5) is 9.59 Å². The molecule has 7 nitrogen and oxygen atoms in total. The topological polar surface area (TPSA) is 103 Å². The van der Waals surface area contributed by atoms with Gasteiger partial charge in [-0.2, -0.15) is 0 Å². The Bertz CT molecular complexity index is 407. The number of nitrogens with one attached hydrogen (secondary N) is 2. The molecule has 0 radical (unpaired) electrons. The largest absolute Gasteiger partial charge is 2.00 e. The van der Waals surface area contributed by atoms with E-state index in [-0.39, 0.29) is 79.0 Å². The number of ether oxygens (including phenoxy) is 2. The fourth-order valence-electron chi connectivity index (χ4n) is 1.11. The summed E-state index contributed by atoms with van der Waals surface area (Å²) in [4.78, 5) is 21.8. The second-order valence-corrected chi connectivity index (χ2v) is 9.60. The van der Waals surface area contributed by atoms with Gasteiger partial charge in [0.15, 0.2) is 0 Å². The molecule has 0 heterocycles. The van der Waals surface area contributed by atoms with Crippen LogP contribution in [0, 0.1) is 13.5 Å². The number of amides is 2. The van der Waals surface area contributed by atoms with Crippen LogP contribution in [0.1, 0.15) is 63.7 Å². The van der Waals surface area contributed by atoms with Crippen molar-refractivity contribution in [1.82, 2.24) is 10.6 Å². The van der Waals surface area contributed by atoms with E-state index in [1.54, 1.807) is 6.54 Å². The molecule has 0 aliphatic heterocycles. The van der Waals surface area contributed by atoms with E-state index in [0.717, 1.165) is 23.8 Å². The van der Waals surface area contributed by atoms with Crippen molar-refractivity contribution in [2.45, 2.75) is 72.0 Å². The summed E-state index contributed by atoms with van der Waals surface area (Å²) < 4.78 is 12.2. The van der Waals surface area contributed by atoms with Gasteiger partial charge in [0.2, 0.25) is 0 Å². The van der Waals surface area contributed by atoms with E-state index in [2.05, 4.69) is 62.7 Å². The number of carbonyl (C=O) groups is 2. The zero-order valence-electron chi connectivity index (χ0n) is 22.0. The number of nitrogens with two attached hydrogens (primary N) is 1. The van der Waals surface area contributed by atoms with Crippen LogP contribution < -0.4 is 40.3 Å². The first kappa shape index (κ1) is 46.5. The predicted octanol–water partition coefficient (Wildman–Crippen LogP) is 1.47. The Morgan fingerprint density at radius 2 is 1.39 bits per heavy atom. The molecule has 0 aromatic heterocycles. The minimum atomic E-state index is -0.431. The Kier molecular flexibility index (Phi) is 45.4. The third kappa shape index (κ3) is 54.6. The summed E-state index contributed by atoms with van der Waals surface area (Å²) in [7, 11) is 0. The zero-order chi connectivity index (χ0) is 22.6. The summed E-state index contributed by atoms with van der Waals surface area (Å²) in [6.45, 7) is 17.6. The van der Waals surface area contributed by atoms with Gasteiger partial charge in [0.25, 0.3) is 0 Å². The standard InChI is InChI=1S/C8H16INO2.C8H15NO2.C3H8IN.HI.2Mg.2H/c1-8(2,3)12-7(11)10-6-4-5-9;1-5-6-9-7(10)11-8(2,3)4;4-2-1-3-5;;;;;/h4-6H2,1-3H3,(H,10,11);6H,1,5H2,2-4H3,(H,9,10);1-3,5H2;1H;;;;/q;-2;;;2*+2;2*-1/p-1. The maximum atomic E-state index is 11.0. The number of hydrogen-bond donors (Lipinski definition) is 3. The van der Waals surface area contributed by atoms with E-state index in [1.807, 2.05) is 41.5 Å². The number of alkyl halides is 2. The molecule has 0 aliphatic rings. The molecule has 0 unspecified atom stereocenters. The maximum absolute atomic E-state index is 11.0. The maximum Gasteiger partial charge on any atom is 2.00 e. The average molecular weight is 805 g/mol. The second kappa shape index (κ2) is 30.3. The van der Waals surface area contributed by atoms with Crippen LogP contribution in [0.3, 0.4) is 0 Å². The Morgan fingerprint density at radius 1 is 0.968 bits per heavy atom. The second-order valence-electron chi connectivity index (χ2n) is 7.44. The van der Waals surface area contributed by atoms with Gasteiger partial charge in [-0.15, -0.1) is 0 Å². The molecule has 0 fully saturated rings. The monoisotopic (exact) mass is 804 g/mol. The van der Waals surface area contributed by atoms with Crippen LogP contribution in [-0.2, 0) is 9.47 Å². The van der Waals surface area contributed by atoms with Crippen molar-refractivity contribution in [2.75, 3.05) is 21.9 Å². The van der Waals surface area contributed by atoms with Gasteiger partial charge in [-0.1, -0.05) is 45.2 Å². The smallest absolute Gasteiger partial charge is 1.00 e. The van der Waals surface area contributed by atoms with Crippen molar-refractivity contribution in [1.29, 1.82) is 0 Å². The van der Waals surface area contributed by atoms with Crippen LogP contribution in [0.5, 0.6) is 0 Å². The minimum absolute atomic E-state index is 0. The van der Waals surface area contributed by atoms with Crippen LogP contribution in [0.15, 0.2) is 0 Å². The van der Waals surface area contributed by atoms with Crippen LogP contribution in [-0.4, -0.2) is 91.4 Å². The molecule has 0 saturated carbocycles. The number of rotatable bonds is 7. The van der Waals surface area contributed by atoms with E-state index >= 15 is 0 Å². The Labute approximate surface area is 269 Å². The summed E-state index contributed by atoms with van der Waals surface area (Å²) in [5, 5.41) is 5.11. The fraction of sp³-hybridized carbons (Fsp3) is 0.789. The molecule has 31 heavy (non-hydrogen) atoms. The van der Waals surface area contributed by atoms with E-state index in [9.17, 15) is 9.59 Å². The molecule has 0 bridgehead atoms. The summed E-state index contributed by atoms with van der Waals surface area (Å²) in [5.74, 6) is 0. The fourth-order valence-corrected chi connectivity index (χ4v) is 1.93. The van der Waals surface area contributed by atoms with E-state index < -0.39 is 17.3 Å². The first-order valence-corrected chi connectivity index (χ1v) is 12.3. The zero-order valence-corrected chi connectivity index (χ0v) is 29.3. The molecule has 182 valence electrons. The molecule has 4 N–H and O–H groups in total. The summed E-state index contributed by atoms with van der Waals surface area (Å²) >= 11 is 4.58. The van der Waals surface area contributed by atoms with Gasteiger partial charge in [-0.25, -0.2) is 9.59 Å². The predicted molar refractivity (Wildman–Crippen MR) is 148 cm³/mol. The van der Waals surface area contributed by atoms with Crippen molar-refractivity contribution >= 4 is 103 Å². The number of carbonyl (C=O) groups excluding carboxylic acids is 2. The number of alkyl carbamates (subject to hydrolysis) is 2. The average Bonchev–Trinajstić information content (AvgIpc) is 2.52. The normalized spacial score (nSPS) is 9.48. The molecule has 12 heteroatoms. The van der Waals surface area contributed by atoms with Gasteiger partial charge >= 0.3 is 58.3 Å². The van der Waals surface area contributed by atoms with E-state index in [4.69, 9.17) is 15.2 Å². The SMILES string of the molecule is CC(C)(C)OC(=O)NCCCI.NCCCI.[CH2-]C[CH-]NC(=O)OC(C)(C)C.[H-].[H-].[I-].[Mg+2].[Mg+2].